The molecule has 0 radical (unpaired) electrons. The molecule has 6 nitrogen and oxygen atoms in total. The molecule has 0 spiro atoms. The Kier molecular flexibility index (Phi) is 5.08. The molecule has 0 saturated carbocycles. The number of hydrogen-bond donors (Lipinski definition) is 1. The van der Waals surface area contributed by atoms with Gasteiger partial charge in [-0.2, -0.15) is 0 Å². The van der Waals surface area contributed by atoms with Crippen LogP contribution in [0.1, 0.15) is 39.3 Å². The van der Waals surface area contributed by atoms with Crippen molar-refractivity contribution in [3.63, 3.8) is 0 Å². The second kappa shape index (κ2) is 7.12. The van der Waals surface area contributed by atoms with Crippen LogP contribution in [0.15, 0.2) is 24.4 Å². The van der Waals surface area contributed by atoms with Crippen LogP contribution in [0.25, 0.3) is 0 Å². The average Bonchev–Trinajstić information content (AvgIpc) is 2.84. The number of nitrogens with one attached hydrogen (secondary N) is 1. The lowest BCUT2D eigenvalue weighted by atomic mass is 9.79. The molecule has 3 amide bonds. The zero-order chi connectivity index (χ0) is 18.0. The molecule has 1 N–H and O–H groups in total. The van der Waals surface area contributed by atoms with Gasteiger partial charge in [-0.25, -0.2) is 4.79 Å². The number of hydrogen-bond acceptors (Lipinski definition) is 4. The number of piperidine rings is 1. The zero-order valence-corrected chi connectivity index (χ0v) is 15.4. The topological polar surface area (TPSA) is 65.5 Å². The quantitative estimate of drug-likeness (QED) is 0.831. The van der Waals surface area contributed by atoms with Crippen molar-refractivity contribution in [2.24, 2.45) is 5.92 Å². The van der Waals surface area contributed by atoms with Crippen LogP contribution in [0, 0.1) is 5.92 Å². The van der Waals surface area contributed by atoms with Gasteiger partial charge in [0, 0.05) is 43.4 Å². The monoisotopic (exact) mass is 344 g/mol. The first-order valence-corrected chi connectivity index (χ1v) is 9.20. The number of urea groups is 1. The fourth-order valence-electron chi connectivity index (χ4n) is 3.97. The van der Waals surface area contributed by atoms with E-state index in [0.29, 0.717) is 0 Å². The minimum Gasteiger partial charge on any atom is -0.323 e. The maximum Gasteiger partial charge on any atom is 0.325 e. The third-order valence-corrected chi connectivity index (χ3v) is 5.50. The van der Waals surface area contributed by atoms with E-state index in [4.69, 9.17) is 0 Å². The van der Waals surface area contributed by atoms with E-state index in [-0.39, 0.29) is 23.9 Å². The van der Waals surface area contributed by atoms with Crippen LogP contribution in [0.3, 0.4) is 0 Å². The van der Waals surface area contributed by atoms with Crippen LogP contribution in [0.2, 0.25) is 0 Å². The number of amides is 3. The highest BCUT2D eigenvalue weighted by molar-refractivity contribution is 6.07. The number of likely N-dealkylation sites (tertiary alicyclic amines) is 1. The molecule has 1 aromatic rings. The molecule has 0 aliphatic carbocycles. The van der Waals surface area contributed by atoms with Crippen LogP contribution >= 0.6 is 0 Å². The highest BCUT2D eigenvalue weighted by Gasteiger charge is 2.53. The molecule has 2 aliphatic rings. The number of carbonyl (C=O) groups excluding carboxylic acids is 2. The summed E-state index contributed by atoms with van der Waals surface area (Å²) in [6, 6.07) is 5.61. The van der Waals surface area contributed by atoms with E-state index >= 15 is 0 Å². The number of pyridine rings is 1. The van der Waals surface area contributed by atoms with E-state index in [1.165, 1.54) is 4.90 Å². The van der Waals surface area contributed by atoms with Gasteiger partial charge in [0.15, 0.2) is 0 Å². The van der Waals surface area contributed by atoms with E-state index in [1.807, 2.05) is 45.2 Å². The summed E-state index contributed by atoms with van der Waals surface area (Å²) in [6.45, 7) is 8.45. The maximum atomic E-state index is 12.9. The van der Waals surface area contributed by atoms with Gasteiger partial charge in [0.1, 0.15) is 5.54 Å². The van der Waals surface area contributed by atoms with Gasteiger partial charge in [-0.15, -0.1) is 0 Å². The van der Waals surface area contributed by atoms with E-state index < -0.39 is 5.54 Å². The second-order valence-electron chi connectivity index (χ2n) is 7.61. The standard InChI is InChI=1S/C19H28N4O2/c1-14(2)23-17(24)19(3,21-18(23)25)15-7-6-11-22(13-15)12-9-16-8-4-5-10-20-16/h4-5,8,10,14-15H,6-7,9,11-13H2,1-3H3,(H,21,25)/t15-,19+/m1/s1. The highest BCUT2D eigenvalue weighted by Crippen LogP contribution is 2.33. The summed E-state index contributed by atoms with van der Waals surface area (Å²) in [5, 5.41) is 2.97. The fraction of sp³-hybridized carbons (Fsp3) is 0.632. The Morgan fingerprint density at radius 2 is 2.16 bits per heavy atom. The van der Waals surface area contributed by atoms with Gasteiger partial charge in [-0.3, -0.25) is 14.7 Å². The number of carbonyl (C=O) groups is 2. The third kappa shape index (κ3) is 3.54. The van der Waals surface area contributed by atoms with Crippen LogP contribution < -0.4 is 5.32 Å². The second-order valence-corrected chi connectivity index (χ2v) is 7.61. The smallest absolute Gasteiger partial charge is 0.323 e. The Bertz CT molecular complexity index is 634. The van der Waals surface area contributed by atoms with E-state index in [1.54, 1.807) is 0 Å². The number of rotatable bonds is 5. The largest absolute Gasteiger partial charge is 0.325 e. The molecule has 0 unspecified atom stereocenters. The molecule has 1 aromatic heterocycles. The van der Waals surface area contributed by atoms with Crippen molar-refractivity contribution in [1.82, 2.24) is 20.1 Å². The molecule has 2 saturated heterocycles. The van der Waals surface area contributed by atoms with Crippen LogP contribution in [0.5, 0.6) is 0 Å². The Morgan fingerprint density at radius 1 is 1.36 bits per heavy atom. The SMILES string of the molecule is CC(C)N1C(=O)N[C@@](C)([C@@H]2CCCN(CCc3ccccn3)C2)C1=O. The van der Waals surface area contributed by atoms with Gasteiger partial charge in [0.25, 0.3) is 5.91 Å². The van der Waals surface area contributed by atoms with Gasteiger partial charge < -0.3 is 10.2 Å². The van der Waals surface area contributed by atoms with Crippen molar-refractivity contribution in [2.75, 3.05) is 19.6 Å². The number of imide groups is 1. The first kappa shape index (κ1) is 17.9. The molecular formula is C19H28N4O2. The summed E-state index contributed by atoms with van der Waals surface area (Å²) in [5.41, 5.74) is 0.303. The Balaban J connectivity index is 1.65. The lowest BCUT2D eigenvalue weighted by Crippen LogP contribution is -2.56. The van der Waals surface area contributed by atoms with Crippen LogP contribution in [-0.4, -0.2) is 57.9 Å². The average molecular weight is 344 g/mol. The van der Waals surface area contributed by atoms with Gasteiger partial charge in [0.2, 0.25) is 0 Å². The summed E-state index contributed by atoms with van der Waals surface area (Å²) in [6.07, 6.45) is 4.74. The fourth-order valence-corrected chi connectivity index (χ4v) is 3.97. The summed E-state index contributed by atoms with van der Waals surface area (Å²) in [4.78, 5) is 33.3. The Labute approximate surface area is 149 Å². The molecule has 6 heteroatoms. The maximum absolute atomic E-state index is 12.9. The Hall–Kier alpha value is -1.95. The van der Waals surface area contributed by atoms with E-state index in [0.717, 1.165) is 44.6 Å². The van der Waals surface area contributed by atoms with E-state index in [2.05, 4.69) is 15.2 Å². The first-order valence-electron chi connectivity index (χ1n) is 9.20. The number of aromatic nitrogens is 1. The molecule has 136 valence electrons. The van der Waals surface area contributed by atoms with Gasteiger partial charge in [-0.05, 0) is 52.3 Å². The zero-order valence-electron chi connectivity index (χ0n) is 15.4. The predicted molar refractivity (Wildman–Crippen MR) is 96.0 cm³/mol. The van der Waals surface area contributed by atoms with Gasteiger partial charge in [-0.1, -0.05) is 6.07 Å². The van der Waals surface area contributed by atoms with Crippen molar-refractivity contribution in [1.29, 1.82) is 0 Å². The normalized spacial score (nSPS) is 27.8. The summed E-state index contributed by atoms with van der Waals surface area (Å²) >= 11 is 0. The molecule has 0 aromatic carbocycles. The molecule has 2 aliphatic heterocycles. The summed E-state index contributed by atoms with van der Waals surface area (Å²) < 4.78 is 0. The molecule has 25 heavy (non-hydrogen) atoms. The highest BCUT2D eigenvalue weighted by atomic mass is 16.2. The van der Waals surface area contributed by atoms with Gasteiger partial charge in [0.05, 0.1) is 0 Å². The lowest BCUT2D eigenvalue weighted by Gasteiger charge is -2.40. The van der Waals surface area contributed by atoms with Crippen molar-refractivity contribution in [3.8, 4) is 0 Å². The molecular weight excluding hydrogens is 316 g/mol. The van der Waals surface area contributed by atoms with Crippen molar-refractivity contribution in [2.45, 2.75) is 51.6 Å². The first-order chi connectivity index (χ1) is 11.9. The summed E-state index contributed by atoms with van der Waals surface area (Å²) in [5.74, 6) is 0.0641. The van der Waals surface area contributed by atoms with Crippen molar-refractivity contribution < 1.29 is 9.59 Å². The minimum atomic E-state index is -0.787. The predicted octanol–water partition coefficient (Wildman–Crippen LogP) is 2.05. The van der Waals surface area contributed by atoms with Gasteiger partial charge >= 0.3 is 6.03 Å². The van der Waals surface area contributed by atoms with Crippen molar-refractivity contribution >= 4 is 11.9 Å². The van der Waals surface area contributed by atoms with E-state index in [9.17, 15) is 9.59 Å². The molecule has 0 bridgehead atoms. The Morgan fingerprint density at radius 3 is 2.80 bits per heavy atom. The number of nitrogens with zero attached hydrogens (tertiary/aromatic N) is 3. The van der Waals surface area contributed by atoms with Crippen LogP contribution in [-0.2, 0) is 11.2 Å². The minimum absolute atomic E-state index is 0.0796. The third-order valence-electron chi connectivity index (χ3n) is 5.50. The molecule has 3 rings (SSSR count). The van der Waals surface area contributed by atoms with Crippen LogP contribution in [0.4, 0.5) is 4.79 Å². The molecule has 3 heterocycles. The molecule has 2 fully saturated rings. The van der Waals surface area contributed by atoms with Crippen molar-refractivity contribution in [3.05, 3.63) is 30.1 Å². The summed E-state index contributed by atoms with van der Waals surface area (Å²) in [7, 11) is 0. The molecule has 2 atom stereocenters. The lowest BCUT2D eigenvalue weighted by molar-refractivity contribution is -0.134.